The Morgan fingerprint density at radius 3 is 2.56 bits per heavy atom. The Hall–Kier alpha value is -1.10. The smallest absolute Gasteiger partial charge is 0.307 e. The number of carbonyl (C=O) groups is 2. The molecule has 2 fully saturated rings. The third kappa shape index (κ3) is 3.70. The van der Waals surface area contributed by atoms with E-state index in [9.17, 15) is 9.59 Å². The summed E-state index contributed by atoms with van der Waals surface area (Å²) in [7, 11) is 0. The topological polar surface area (TPSA) is 75.6 Å². The molecule has 0 aromatic heterocycles. The van der Waals surface area contributed by atoms with Gasteiger partial charge in [-0.25, -0.2) is 0 Å². The van der Waals surface area contributed by atoms with Gasteiger partial charge in [0.2, 0.25) is 5.91 Å². The molecular formula is C13H21NO4. The van der Waals surface area contributed by atoms with Crippen LogP contribution in [0.4, 0.5) is 0 Å². The van der Waals surface area contributed by atoms with E-state index in [0.717, 1.165) is 19.3 Å². The largest absolute Gasteiger partial charge is 0.481 e. The number of ether oxygens (including phenoxy) is 1. The van der Waals surface area contributed by atoms with Gasteiger partial charge in [0, 0.05) is 13.2 Å². The van der Waals surface area contributed by atoms with Gasteiger partial charge in [0.1, 0.15) is 0 Å². The third-order valence-electron chi connectivity index (χ3n) is 3.72. The molecule has 2 rings (SSSR count). The second kappa shape index (κ2) is 6.18. The summed E-state index contributed by atoms with van der Waals surface area (Å²) in [5.41, 5.74) is 0. The van der Waals surface area contributed by atoms with Gasteiger partial charge in [-0.2, -0.15) is 0 Å². The Morgan fingerprint density at radius 2 is 1.94 bits per heavy atom. The number of carboxylic acid groups (broad SMARTS) is 1. The van der Waals surface area contributed by atoms with Crippen molar-refractivity contribution in [1.82, 2.24) is 5.32 Å². The van der Waals surface area contributed by atoms with Crippen LogP contribution in [0.3, 0.4) is 0 Å². The van der Waals surface area contributed by atoms with Crippen LogP contribution >= 0.6 is 0 Å². The number of hydrogen-bond donors (Lipinski definition) is 2. The van der Waals surface area contributed by atoms with Crippen molar-refractivity contribution in [1.29, 1.82) is 0 Å². The predicted molar refractivity (Wildman–Crippen MR) is 65.1 cm³/mol. The van der Waals surface area contributed by atoms with Crippen molar-refractivity contribution in [3.8, 4) is 0 Å². The molecule has 5 heteroatoms. The van der Waals surface area contributed by atoms with Gasteiger partial charge in [-0.3, -0.25) is 9.59 Å². The van der Waals surface area contributed by atoms with Crippen molar-refractivity contribution in [3.05, 3.63) is 0 Å². The van der Waals surface area contributed by atoms with E-state index in [4.69, 9.17) is 9.84 Å². The minimum Gasteiger partial charge on any atom is -0.481 e. The Bertz CT molecular complexity index is 312. The van der Waals surface area contributed by atoms with Crippen LogP contribution in [0.5, 0.6) is 0 Å². The van der Waals surface area contributed by atoms with E-state index in [0.29, 0.717) is 25.7 Å². The van der Waals surface area contributed by atoms with Crippen LogP contribution in [-0.4, -0.2) is 36.2 Å². The molecule has 102 valence electrons. The van der Waals surface area contributed by atoms with Gasteiger partial charge < -0.3 is 15.2 Å². The maximum absolute atomic E-state index is 11.5. The average Bonchev–Trinajstić information content (AvgIpc) is 2.99. The van der Waals surface area contributed by atoms with Crippen molar-refractivity contribution in [3.63, 3.8) is 0 Å². The monoisotopic (exact) mass is 255 g/mol. The fourth-order valence-corrected chi connectivity index (χ4v) is 2.48. The number of nitrogens with one attached hydrogen (secondary N) is 1. The predicted octanol–water partition coefficient (Wildman–Crippen LogP) is 1.17. The summed E-state index contributed by atoms with van der Waals surface area (Å²) in [6, 6.07) is 0. The molecule has 2 aliphatic rings. The quantitative estimate of drug-likeness (QED) is 0.670. The molecule has 2 N–H and O–H groups in total. The molecular weight excluding hydrogens is 234 g/mol. The molecule has 5 nitrogen and oxygen atoms in total. The summed E-state index contributed by atoms with van der Waals surface area (Å²) in [5.74, 6) is -1.75. The lowest BCUT2D eigenvalue weighted by Gasteiger charge is -2.11. The fraction of sp³-hybridized carbons (Fsp3) is 0.846. The minimum absolute atomic E-state index is 0.122. The van der Waals surface area contributed by atoms with E-state index in [2.05, 4.69) is 5.32 Å². The number of rotatable bonds is 7. The fourth-order valence-electron chi connectivity index (χ4n) is 2.48. The molecule has 2 aliphatic carbocycles. The molecule has 0 radical (unpaired) electrons. The maximum atomic E-state index is 11.5. The van der Waals surface area contributed by atoms with Crippen LogP contribution in [-0.2, 0) is 14.3 Å². The van der Waals surface area contributed by atoms with Gasteiger partial charge in [0.25, 0.3) is 0 Å². The minimum atomic E-state index is -0.861. The molecule has 0 aromatic carbocycles. The first-order chi connectivity index (χ1) is 8.68. The van der Waals surface area contributed by atoms with Gasteiger partial charge >= 0.3 is 5.97 Å². The van der Waals surface area contributed by atoms with E-state index in [1.807, 2.05) is 0 Å². The van der Waals surface area contributed by atoms with Crippen LogP contribution in [0, 0.1) is 11.8 Å². The first kappa shape index (κ1) is 13.3. The van der Waals surface area contributed by atoms with Gasteiger partial charge in [0.15, 0.2) is 0 Å². The summed E-state index contributed by atoms with van der Waals surface area (Å²) < 4.78 is 5.67. The first-order valence-electron chi connectivity index (χ1n) is 6.80. The average molecular weight is 255 g/mol. The molecule has 18 heavy (non-hydrogen) atoms. The van der Waals surface area contributed by atoms with Gasteiger partial charge in [-0.1, -0.05) is 12.8 Å². The van der Waals surface area contributed by atoms with Crippen molar-refractivity contribution in [2.24, 2.45) is 11.8 Å². The number of carboxylic acids is 1. The molecule has 0 aromatic rings. The van der Waals surface area contributed by atoms with Gasteiger partial charge in [-0.15, -0.1) is 0 Å². The first-order valence-corrected chi connectivity index (χ1v) is 6.80. The molecule has 2 atom stereocenters. The lowest BCUT2D eigenvalue weighted by molar-refractivity contribution is -0.140. The Morgan fingerprint density at radius 1 is 1.22 bits per heavy atom. The zero-order valence-corrected chi connectivity index (χ0v) is 10.6. The van der Waals surface area contributed by atoms with Crippen molar-refractivity contribution >= 4 is 11.9 Å². The molecule has 0 bridgehead atoms. The second-order valence-electron chi connectivity index (χ2n) is 5.21. The number of aliphatic carboxylic acids is 1. The molecule has 1 amide bonds. The molecule has 0 saturated heterocycles. The second-order valence-corrected chi connectivity index (χ2v) is 5.21. The standard InChI is InChI=1S/C13H21NO4/c15-12(10-8-11(10)13(16)17)14-6-3-7-18-9-4-1-2-5-9/h9-11H,1-8H2,(H,14,15)(H,16,17). The number of amides is 1. The Balaban J connectivity index is 1.48. The molecule has 0 aliphatic heterocycles. The van der Waals surface area contributed by atoms with Crippen molar-refractivity contribution in [2.45, 2.75) is 44.6 Å². The third-order valence-corrected chi connectivity index (χ3v) is 3.72. The van der Waals surface area contributed by atoms with E-state index < -0.39 is 11.9 Å². The summed E-state index contributed by atoms with van der Waals surface area (Å²) in [5, 5.41) is 11.5. The van der Waals surface area contributed by atoms with Crippen molar-refractivity contribution < 1.29 is 19.4 Å². The summed E-state index contributed by atoms with van der Waals surface area (Å²) >= 11 is 0. The van der Waals surface area contributed by atoms with Gasteiger partial charge in [-0.05, 0) is 25.7 Å². The van der Waals surface area contributed by atoms with Gasteiger partial charge in [0.05, 0.1) is 17.9 Å². The lowest BCUT2D eigenvalue weighted by Crippen LogP contribution is -2.28. The normalized spacial score (nSPS) is 27.1. The summed E-state index contributed by atoms with van der Waals surface area (Å²) in [4.78, 5) is 22.1. The Labute approximate surface area is 107 Å². The van der Waals surface area contributed by atoms with Crippen LogP contribution in [0.25, 0.3) is 0 Å². The number of hydrogen-bond acceptors (Lipinski definition) is 3. The van der Waals surface area contributed by atoms with E-state index in [-0.39, 0.29) is 11.8 Å². The highest BCUT2D eigenvalue weighted by Crippen LogP contribution is 2.38. The van der Waals surface area contributed by atoms with E-state index >= 15 is 0 Å². The molecule has 0 heterocycles. The zero-order valence-electron chi connectivity index (χ0n) is 10.6. The highest BCUT2D eigenvalue weighted by Gasteiger charge is 2.48. The van der Waals surface area contributed by atoms with Crippen LogP contribution in [0.2, 0.25) is 0 Å². The van der Waals surface area contributed by atoms with Crippen LogP contribution < -0.4 is 5.32 Å². The molecule has 2 saturated carbocycles. The lowest BCUT2D eigenvalue weighted by atomic mass is 10.3. The van der Waals surface area contributed by atoms with E-state index in [1.165, 1.54) is 12.8 Å². The summed E-state index contributed by atoms with van der Waals surface area (Å²) in [6.45, 7) is 1.26. The Kier molecular flexibility index (Phi) is 4.58. The summed E-state index contributed by atoms with van der Waals surface area (Å²) in [6.07, 6.45) is 6.55. The van der Waals surface area contributed by atoms with Crippen molar-refractivity contribution in [2.75, 3.05) is 13.2 Å². The SMILES string of the molecule is O=C(O)C1CC1C(=O)NCCCOC1CCCC1. The van der Waals surface area contributed by atoms with E-state index in [1.54, 1.807) is 0 Å². The zero-order chi connectivity index (χ0) is 13.0. The van der Waals surface area contributed by atoms with Crippen LogP contribution in [0.1, 0.15) is 38.5 Å². The highest BCUT2D eigenvalue weighted by molar-refractivity contribution is 5.89. The maximum Gasteiger partial charge on any atom is 0.307 e. The molecule has 0 spiro atoms. The van der Waals surface area contributed by atoms with Crippen LogP contribution in [0.15, 0.2) is 0 Å². The number of carbonyl (C=O) groups excluding carboxylic acids is 1. The molecule has 2 unspecified atom stereocenters. The highest BCUT2D eigenvalue weighted by atomic mass is 16.5.